The summed E-state index contributed by atoms with van der Waals surface area (Å²) in [4.78, 5) is 11.9. The predicted octanol–water partition coefficient (Wildman–Crippen LogP) is 4.10. The van der Waals surface area contributed by atoms with Crippen molar-refractivity contribution in [1.29, 1.82) is 5.26 Å². The molecule has 0 aliphatic carbocycles. The van der Waals surface area contributed by atoms with Gasteiger partial charge in [-0.15, -0.1) is 0 Å². The Bertz CT molecular complexity index is 1080. The van der Waals surface area contributed by atoms with Crippen LogP contribution < -0.4 is 10.2 Å². The maximum absolute atomic E-state index is 11.9. The van der Waals surface area contributed by atoms with E-state index in [1.165, 1.54) is 3.57 Å². The van der Waals surface area contributed by atoms with E-state index in [1.54, 1.807) is 30.5 Å². The fraction of sp³-hybridized carbons (Fsp3) is 0.136. The Kier molecular flexibility index (Phi) is 6.67. The molecule has 7 heteroatoms. The number of halogens is 1. The van der Waals surface area contributed by atoms with Gasteiger partial charge >= 0.3 is 0 Å². The highest BCUT2D eigenvalue weighted by molar-refractivity contribution is 14.1. The molecular weight excluding hydrogens is 479 g/mol. The Morgan fingerprint density at radius 1 is 1.21 bits per heavy atom. The minimum atomic E-state index is -0.364. The Balaban J connectivity index is 1.60. The fourth-order valence-corrected chi connectivity index (χ4v) is 3.25. The predicted molar refractivity (Wildman–Crippen MR) is 120 cm³/mol. The van der Waals surface area contributed by atoms with Gasteiger partial charge in [0.25, 0.3) is 5.91 Å². The summed E-state index contributed by atoms with van der Waals surface area (Å²) in [6.07, 6.45) is 1.63. The molecule has 0 aliphatic rings. The lowest BCUT2D eigenvalue weighted by molar-refractivity contribution is -0.123. The Morgan fingerprint density at radius 3 is 2.55 bits per heavy atom. The second-order valence-corrected chi connectivity index (χ2v) is 7.60. The van der Waals surface area contributed by atoms with Crippen molar-refractivity contribution < 1.29 is 9.53 Å². The quantitative estimate of drug-likeness (QED) is 0.316. The van der Waals surface area contributed by atoms with Crippen molar-refractivity contribution in [3.63, 3.8) is 0 Å². The smallest absolute Gasteiger partial charge is 0.277 e. The second-order valence-electron chi connectivity index (χ2n) is 6.36. The molecule has 0 bridgehead atoms. The molecule has 0 saturated carbocycles. The largest absolute Gasteiger partial charge is 0.484 e. The van der Waals surface area contributed by atoms with Gasteiger partial charge in [-0.25, -0.2) is 5.43 Å². The first kappa shape index (κ1) is 20.6. The Hall–Kier alpha value is -3.12. The van der Waals surface area contributed by atoms with Crippen LogP contribution in [0.2, 0.25) is 0 Å². The normalized spacial score (nSPS) is 10.7. The van der Waals surface area contributed by atoms with E-state index in [0.29, 0.717) is 11.3 Å². The third kappa shape index (κ3) is 5.23. The number of hydrazone groups is 1. The second kappa shape index (κ2) is 9.39. The Morgan fingerprint density at radius 2 is 1.90 bits per heavy atom. The van der Waals surface area contributed by atoms with E-state index in [4.69, 9.17) is 10.00 Å². The number of nitrogens with one attached hydrogen (secondary N) is 1. The van der Waals surface area contributed by atoms with Crippen LogP contribution in [0.25, 0.3) is 5.69 Å². The number of carbonyl (C=O) groups excluding carboxylic acids is 1. The molecule has 0 spiro atoms. The van der Waals surface area contributed by atoms with Gasteiger partial charge in [-0.3, -0.25) is 4.79 Å². The highest BCUT2D eigenvalue weighted by Crippen LogP contribution is 2.20. The van der Waals surface area contributed by atoms with E-state index in [1.807, 2.05) is 26.0 Å². The zero-order chi connectivity index (χ0) is 20.8. The van der Waals surface area contributed by atoms with Crippen LogP contribution in [0.15, 0.2) is 59.7 Å². The van der Waals surface area contributed by atoms with Gasteiger partial charge in [0.1, 0.15) is 5.75 Å². The topological polar surface area (TPSA) is 79.4 Å². The number of nitrogens with zero attached hydrogens (tertiary/aromatic N) is 3. The summed E-state index contributed by atoms with van der Waals surface area (Å²) in [7, 11) is 0. The van der Waals surface area contributed by atoms with Gasteiger partial charge in [0, 0.05) is 26.2 Å². The molecule has 3 aromatic rings. The number of rotatable bonds is 6. The summed E-state index contributed by atoms with van der Waals surface area (Å²) < 4.78 is 8.71. The van der Waals surface area contributed by atoms with Crippen molar-refractivity contribution in [2.45, 2.75) is 13.8 Å². The molecule has 2 aromatic carbocycles. The van der Waals surface area contributed by atoms with Crippen LogP contribution in [0.3, 0.4) is 0 Å². The third-order valence-corrected chi connectivity index (χ3v) is 5.02. The lowest BCUT2D eigenvalue weighted by atomic mass is 10.2. The molecule has 3 rings (SSSR count). The van der Waals surface area contributed by atoms with Gasteiger partial charge in [0.2, 0.25) is 0 Å². The summed E-state index contributed by atoms with van der Waals surface area (Å²) in [6.45, 7) is 3.89. The van der Waals surface area contributed by atoms with E-state index in [0.717, 1.165) is 22.6 Å². The molecule has 29 heavy (non-hydrogen) atoms. The number of hydrogen-bond acceptors (Lipinski definition) is 4. The molecule has 0 radical (unpaired) electrons. The monoisotopic (exact) mass is 498 g/mol. The van der Waals surface area contributed by atoms with Gasteiger partial charge in [0.15, 0.2) is 6.61 Å². The summed E-state index contributed by atoms with van der Waals surface area (Å²) in [5.41, 5.74) is 7.14. The molecule has 1 amide bonds. The third-order valence-electron chi connectivity index (χ3n) is 4.30. The standard InChI is InChI=1S/C22H19IN4O2/c1-15-11-18(16(2)27(15)20-7-5-19(23)6-8-20)13-25-26-22(28)14-29-21-9-3-17(12-24)4-10-21/h3-11,13H,14H2,1-2H3,(H,26,28)/b25-13+. The number of ether oxygens (including phenoxy) is 1. The number of benzene rings is 2. The minimum Gasteiger partial charge on any atom is -0.484 e. The van der Waals surface area contributed by atoms with Crippen LogP contribution in [0.5, 0.6) is 5.75 Å². The number of aromatic nitrogens is 1. The lowest BCUT2D eigenvalue weighted by Crippen LogP contribution is -2.24. The molecule has 1 N–H and O–H groups in total. The molecule has 0 aliphatic heterocycles. The van der Waals surface area contributed by atoms with Gasteiger partial charge < -0.3 is 9.30 Å². The average Bonchev–Trinajstić information content (AvgIpc) is 3.01. The van der Waals surface area contributed by atoms with Crippen molar-refractivity contribution in [2.75, 3.05) is 6.61 Å². The zero-order valence-corrected chi connectivity index (χ0v) is 18.2. The highest BCUT2D eigenvalue weighted by Gasteiger charge is 2.09. The van der Waals surface area contributed by atoms with Crippen LogP contribution in [0, 0.1) is 28.7 Å². The summed E-state index contributed by atoms with van der Waals surface area (Å²) >= 11 is 2.28. The first-order valence-electron chi connectivity index (χ1n) is 8.87. The van der Waals surface area contributed by atoms with E-state index < -0.39 is 0 Å². The number of hydrogen-bond donors (Lipinski definition) is 1. The van der Waals surface area contributed by atoms with Crippen LogP contribution in [-0.2, 0) is 4.79 Å². The molecule has 6 nitrogen and oxygen atoms in total. The molecule has 0 saturated heterocycles. The lowest BCUT2D eigenvalue weighted by Gasteiger charge is -2.09. The number of nitriles is 1. The van der Waals surface area contributed by atoms with E-state index in [9.17, 15) is 4.79 Å². The van der Waals surface area contributed by atoms with Gasteiger partial charge in [-0.05, 0) is 91.0 Å². The molecule has 1 heterocycles. The van der Waals surface area contributed by atoms with Crippen molar-refractivity contribution in [2.24, 2.45) is 5.10 Å². The maximum atomic E-state index is 11.9. The van der Waals surface area contributed by atoms with Crippen LogP contribution in [0.4, 0.5) is 0 Å². The first-order chi connectivity index (χ1) is 14.0. The van der Waals surface area contributed by atoms with Crippen molar-refractivity contribution in [3.05, 3.63) is 80.7 Å². The Labute approximate surface area is 182 Å². The van der Waals surface area contributed by atoms with Crippen molar-refractivity contribution >= 4 is 34.7 Å². The molecule has 0 fully saturated rings. The SMILES string of the molecule is Cc1cc(/C=N/NC(=O)COc2ccc(C#N)cc2)c(C)n1-c1ccc(I)cc1. The van der Waals surface area contributed by atoms with Gasteiger partial charge in [-0.1, -0.05) is 0 Å². The van der Waals surface area contributed by atoms with Gasteiger partial charge in [-0.2, -0.15) is 10.4 Å². The molecule has 0 atom stereocenters. The number of carbonyl (C=O) groups is 1. The van der Waals surface area contributed by atoms with Gasteiger partial charge in [0.05, 0.1) is 17.8 Å². The number of aryl methyl sites for hydroxylation is 1. The van der Waals surface area contributed by atoms with Crippen molar-refractivity contribution in [1.82, 2.24) is 9.99 Å². The fourth-order valence-electron chi connectivity index (χ4n) is 2.89. The van der Waals surface area contributed by atoms with Crippen LogP contribution in [0.1, 0.15) is 22.5 Å². The number of amides is 1. The molecular formula is C22H19IN4O2. The van der Waals surface area contributed by atoms with Crippen LogP contribution in [-0.4, -0.2) is 23.3 Å². The maximum Gasteiger partial charge on any atom is 0.277 e. The van der Waals surface area contributed by atoms with E-state index >= 15 is 0 Å². The first-order valence-corrected chi connectivity index (χ1v) is 9.95. The van der Waals surface area contributed by atoms with E-state index in [-0.39, 0.29) is 12.5 Å². The molecule has 0 unspecified atom stereocenters. The molecule has 1 aromatic heterocycles. The molecule has 146 valence electrons. The summed E-state index contributed by atoms with van der Waals surface area (Å²) in [6, 6.07) is 18.9. The average molecular weight is 498 g/mol. The summed E-state index contributed by atoms with van der Waals surface area (Å²) in [5, 5.41) is 12.8. The summed E-state index contributed by atoms with van der Waals surface area (Å²) in [5.74, 6) is 0.154. The van der Waals surface area contributed by atoms with Crippen LogP contribution >= 0.6 is 22.6 Å². The minimum absolute atomic E-state index is 0.162. The zero-order valence-electron chi connectivity index (χ0n) is 16.0. The van der Waals surface area contributed by atoms with Crippen molar-refractivity contribution in [3.8, 4) is 17.5 Å². The highest BCUT2D eigenvalue weighted by atomic mass is 127. The van der Waals surface area contributed by atoms with E-state index in [2.05, 4.69) is 62.0 Å².